The molecule has 0 aliphatic rings. The monoisotopic (exact) mass is 278 g/mol. The second-order valence-corrected chi connectivity index (χ2v) is 4.45. The summed E-state index contributed by atoms with van der Waals surface area (Å²) in [5.74, 6) is 0.299. The van der Waals surface area contributed by atoms with Gasteiger partial charge in [0.05, 0.1) is 13.1 Å². The molecule has 0 aliphatic heterocycles. The average molecular weight is 278 g/mol. The van der Waals surface area contributed by atoms with Crippen molar-refractivity contribution in [3.63, 3.8) is 0 Å². The van der Waals surface area contributed by atoms with E-state index in [1.54, 1.807) is 24.9 Å². The van der Waals surface area contributed by atoms with E-state index >= 15 is 0 Å². The van der Waals surface area contributed by atoms with E-state index in [-0.39, 0.29) is 12.5 Å². The van der Waals surface area contributed by atoms with Gasteiger partial charge in [0.15, 0.2) is 0 Å². The van der Waals surface area contributed by atoms with E-state index < -0.39 is 5.82 Å². The number of nitrogens with zero attached hydrogens (tertiary/aromatic N) is 3. The first kappa shape index (κ1) is 14.1. The maximum Gasteiger partial charge on any atom is 0.238 e. The summed E-state index contributed by atoms with van der Waals surface area (Å²) in [6.45, 7) is 2.21. The number of carbonyl (C=O) groups is 1. The van der Waals surface area contributed by atoms with E-state index in [4.69, 9.17) is 4.42 Å². The van der Waals surface area contributed by atoms with Gasteiger partial charge in [-0.25, -0.2) is 4.39 Å². The van der Waals surface area contributed by atoms with Crippen molar-refractivity contribution < 1.29 is 13.6 Å². The van der Waals surface area contributed by atoms with Gasteiger partial charge in [-0.1, -0.05) is 6.07 Å². The highest BCUT2D eigenvalue weighted by Crippen LogP contribution is 2.09. The second-order valence-electron chi connectivity index (χ2n) is 4.45. The molecule has 0 bridgehead atoms. The molecular weight excluding hydrogens is 263 g/mol. The summed E-state index contributed by atoms with van der Waals surface area (Å²) >= 11 is 0. The van der Waals surface area contributed by atoms with Crippen LogP contribution in [0.1, 0.15) is 11.8 Å². The van der Waals surface area contributed by atoms with Crippen LogP contribution in [-0.2, 0) is 11.3 Å². The minimum atomic E-state index is -0.391. The van der Waals surface area contributed by atoms with E-state index in [2.05, 4.69) is 15.5 Å². The van der Waals surface area contributed by atoms with Crippen molar-refractivity contribution in [2.75, 3.05) is 18.9 Å². The smallest absolute Gasteiger partial charge is 0.238 e. The van der Waals surface area contributed by atoms with Crippen LogP contribution in [0.2, 0.25) is 0 Å². The van der Waals surface area contributed by atoms with E-state index in [0.717, 1.165) is 0 Å². The van der Waals surface area contributed by atoms with Gasteiger partial charge in [0.2, 0.25) is 17.7 Å². The summed E-state index contributed by atoms with van der Waals surface area (Å²) in [4.78, 5) is 13.5. The van der Waals surface area contributed by atoms with Crippen LogP contribution in [0.15, 0.2) is 28.7 Å². The molecule has 1 N–H and O–H groups in total. The SMILES string of the molecule is Cc1nnc(CN(C)CC(=O)Nc2cccc(F)c2)o1. The second kappa shape index (κ2) is 6.25. The normalized spacial score (nSPS) is 10.8. The van der Waals surface area contributed by atoms with Gasteiger partial charge in [-0.3, -0.25) is 9.69 Å². The largest absolute Gasteiger partial charge is 0.424 e. The number of anilines is 1. The highest BCUT2D eigenvalue weighted by molar-refractivity contribution is 5.92. The van der Waals surface area contributed by atoms with Crippen LogP contribution in [0.25, 0.3) is 0 Å². The summed E-state index contributed by atoms with van der Waals surface area (Å²) in [5, 5.41) is 10.2. The Morgan fingerprint density at radius 1 is 1.45 bits per heavy atom. The van der Waals surface area contributed by atoms with Crippen LogP contribution >= 0.6 is 0 Å². The first-order chi connectivity index (χ1) is 9.52. The third kappa shape index (κ3) is 4.13. The Labute approximate surface area is 115 Å². The number of aryl methyl sites for hydroxylation is 1. The number of benzene rings is 1. The molecule has 1 heterocycles. The van der Waals surface area contributed by atoms with Crippen molar-refractivity contribution in [1.29, 1.82) is 0 Å². The molecule has 0 saturated heterocycles. The van der Waals surface area contributed by atoms with Crippen LogP contribution in [0.5, 0.6) is 0 Å². The Bertz CT molecular complexity index is 600. The van der Waals surface area contributed by atoms with Crippen LogP contribution in [-0.4, -0.2) is 34.6 Å². The molecule has 6 nitrogen and oxygen atoms in total. The van der Waals surface area contributed by atoms with Gasteiger partial charge in [0, 0.05) is 12.6 Å². The number of halogens is 1. The zero-order chi connectivity index (χ0) is 14.5. The summed E-state index contributed by atoms with van der Waals surface area (Å²) in [6.07, 6.45) is 0. The Kier molecular flexibility index (Phi) is 4.41. The highest BCUT2D eigenvalue weighted by Gasteiger charge is 2.11. The molecule has 0 aliphatic carbocycles. The van der Waals surface area contributed by atoms with E-state index in [9.17, 15) is 9.18 Å². The fourth-order valence-electron chi connectivity index (χ4n) is 1.70. The third-order valence-corrected chi connectivity index (χ3v) is 2.49. The van der Waals surface area contributed by atoms with Gasteiger partial charge in [-0.05, 0) is 25.2 Å². The van der Waals surface area contributed by atoms with E-state index in [1.165, 1.54) is 18.2 Å². The number of amides is 1. The van der Waals surface area contributed by atoms with Crippen LogP contribution < -0.4 is 5.32 Å². The van der Waals surface area contributed by atoms with E-state index in [1.807, 2.05) is 0 Å². The van der Waals surface area contributed by atoms with Crippen molar-refractivity contribution in [2.45, 2.75) is 13.5 Å². The predicted molar refractivity (Wildman–Crippen MR) is 70.4 cm³/mol. The van der Waals surface area contributed by atoms with Crippen molar-refractivity contribution in [3.8, 4) is 0 Å². The molecule has 1 aromatic carbocycles. The Balaban J connectivity index is 1.84. The van der Waals surface area contributed by atoms with Gasteiger partial charge in [-0.2, -0.15) is 0 Å². The van der Waals surface area contributed by atoms with Crippen molar-refractivity contribution in [1.82, 2.24) is 15.1 Å². The molecule has 0 unspecified atom stereocenters. The minimum Gasteiger partial charge on any atom is -0.424 e. The lowest BCUT2D eigenvalue weighted by Gasteiger charge is -2.13. The molecule has 7 heteroatoms. The van der Waals surface area contributed by atoms with Gasteiger partial charge in [-0.15, -0.1) is 10.2 Å². The highest BCUT2D eigenvalue weighted by atomic mass is 19.1. The number of carbonyl (C=O) groups excluding carboxylic acids is 1. The molecule has 0 atom stereocenters. The van der Waals surface area contributed by atoms with Crippen molar-refractivity contribution in [2.24, 2.45) is 0 Å². The average Bonchev–Trinajstić information content (AvgIpc) is 2.74. The molecule has 0 saturated carbocycles. The van der Waals surface area contributed by atoms with Crippen LogP contribution in [0, 0.1) is 12.7 Å². The molecule has 0 spiro atoms. The summed E-state index contributed by atoms with van der Waals surface area (Å²) < 4.78 is 18.2. The Morgan fingerprint density at radius 3 is 2.90 bits per heavy atom. The van der Waals surface area contributed by atoms with E-state index in [0.29, 0.717) is 24.0 Å². The molecular formula is C13H15FN4O2. The predicted octanol–water partition coefficient (Wildman–Crippen LogP) is 1.59. The lowest BCUT2D eigenvalue weighted by molar-refractivity contribution is -0.117. The number of hydrogen-bond acceptors (Lipinski definition) is 5. The molecule has 2 rings (SSSR count). The first-order valence-corrected chi connectivity index (χ1v) is 6.06. The molecule has 1 amide bonds. The van der Waals surface area contributed by atoms with Gasteiger partial charge in [0.25, 0.3) is 0 Å². The standard InChI is InChI=1S/C13H15FN4O2/c1-9-16-17-13(20-9)8-18(2)7-12(19)15-11-5-3-4-10(14)6-11/h3-6H,7-8H2,1-2H3,(H,15,19). The Hall–Kier alpha value is -2.28. The lowest BCUT2D eigenvalue weighted by atomic mass is 10.3. The van der Waals surface area contributed by atoms with Crippen LogP contribution in [0.3, 0.4) is 0 Å². The quantitative estimate of drug-likeness (QED) is 0.899. The summed E-state index contributed by atoms with van der Waals surface area (Å²) in [7, 11) is 1.75. The third-order valence-electron chi connectivity index (χ3n) is 2.49. The minimum absolute atomic E-state index is 0.137. The topological polar surface area (TPSA) is 71.3 Å². The molecule has 0 fully saturated rings. The number of hydrogen-bond donors (Lipinski definition) is 1. The zero-order valence-electron chi connectivity index (χ0n) is 11.3. The van der Waals surface area contributed by atoms with Gasteiger partial charge < -0.3 is 9.73 Å². The molecule has 20 heavy (non-hydrogen) atoms. The number of likely N-dealkylation sites (N-methyl/N-ethyl adjacent to an activating group) is 1. The fraction of sp³-hybridized carbons (Fsp3) is 0.308. The number of rotatable bonds is 5. The molecule has 2 aromatic rings. The zero-order valence-corrected chi connectivity index (χ0v) is 11.3. The van der Waals surface area contributed by atoms with Gasteiger partial charge >= 0.3 is 0 Å². The molecule has 106 valence electrons. The maximum absolute atomic E-state index is 13.0. The van der Waals surface area contributed by atoms with Crippen LogP contribution in [0.4, 0.5) is 10.1 Å². The lowest BCUT2D eigenvalue weighted by Crippen LogP contribution is -2.29. The Morgan fingerprint density at radius 2 is 2.25 bits per heavy atom. The summed E-state index contributed by atoms with van der Waals surface area (Å²) in [6, 6.07) is 5.75. The summed E-state index contributed by atoms with van der Waals surface area (Å²) in [5.41, 5.74) is 0.428. The first-order valence-electron chi connectivity index (χ1n) is 6.06. The van der Waals surface area contributed by atoms with Gasteiger partial charge in [0.1, 0.15) is 5.82 Å². The number of aromatic nitrogens is 2. The van der Waals surface area contributed by atoms with Crippen molar-refractivity contribution in [3.05, 3.63) is 41.9 Å². The molecule has 1 aromatic heterocycles. The number of nitrogens with one attached hydrogen (secondary N) is 1. The fourth-order valence-corrected chi connectivity index (χ4v) is 1.70. The molecule has 0 radical (unpaired) electrons. The van der Waals surface area contributed by atoms with Crippen molar-refractivity contribution >= 4 is 11.6 Å². The maximum atomic E-state index is 13.0.